The molecule has 2 heterocycles. The molecule has 7 heteroatoms. The van der Waals surface area contributed by atoms with E-state index in [4.69, 9.17) is 21.4 Å². The van der Waals surface area contributed by atoms with Gasteiger partial charge in [0.05, 0.1) is 6.61 Å². The van der Waals surface area contributed by atoms with Gasteiger partial charge in [0.15, 0.2) is 0 Å². The lowest BCUT2D eigenvalue weighted by atomic mass is 10.6. The molecule has 6 nitrogen and oxygen atoms in total. The van der Waals surface area contributed by atoms with Crippen molar-refractivity contribution < 1.29 is 9.84 Å². The molecule has 0 saturated heterocycles. The number of ether oxygens (including phenoxy) is 1. The van der Waals surface area contributed by atoms with Gasteiger partial charge in [0.25, 0.3) is 5.78 Å². The molecule has 0 spiro atoms. The molecule has 0 bridgehead atoms. The highest BCUT2D eigenvalue weighted by Gasteiger charge is 2.06. The van der Waals surface area contributed by atoms with Crippen LogP contribution in [0.2, 0.25) is 5.15 Å². The summed E-state index contributed by atoms with van der Waals surface area (Å²) in [5.41, 5.74) is 0. The largest absolute Gasteiger partial charge is 0.475 e. The predicted molar refractivity (Wildman–Crippen MR) is 48.4 cm³/mol. The lowest BCUT2D eigenvalue weighted by molar-refractivity contribution is 0.193. The molecule has 0 atom stereocenters. The molecule has 0 amide bonds. The Kier molecular flexibility index (Phi) is 2.47. The second kappa shape index (κ2) is 3.77. The molecule has 0 fully saturated rings. The van der Waals surface area contributed by atoms with Crippen molar-refractivity contribution in [2.24, 2.45) is 0 Å². The van der Waals surface area contributed by atoms with Crippen LogP contribution in [0.5, 0.6) is 5.88 Å². The summed E-state index contributed by atoms with van der Waals surface area (Å²) in [5, 5.41) is 12.8. The normalized spacial score (nSPS) is 10.7. The van der Waals surface area contributed by atoms with E-state index in [2.05, 4.69) is 15.1 Å². The Morgan fingerprint density at radius 1 is 1.57 bits per heavy atom. The fourth-order valence-electron chi connectivity index (χ4n) is 1.01. The Morgan fingerprint density at radius 3 is 3.21 bits per heavy atom. The fraction of sp³-hybridized carbons (Fsp3) is 0.286. The van der Waals surface area contributed by atoms with Gasteiger partial charge in [-0.25, -0.2) is 0 Å². The molecule has 0 unspecified atom stereocenters. The minimum absolute atomic E-state index is 0.0733. The first-order valence-corrected chi connectivity index (χ1v) is 4.29. The van der Waals surface area contributed by atoms with Crippen molar-refractivity contribution in [3.63, 3.8) is 0 Å². The lowest BCUT2D eigenvalue weighted by Gasteiger charge is -2.05. The highest BCUT2D eigenvalue weighted by Crippen LogP contribution is 2.16. The molecule has 0 saturated carbocycles. The molecule has 1 N–H and O–H groups in total. The van der Waals surface area contributed by atoms with Crippen LogP contribution in [0.4, 0.5) is 0 Å². The van der Waals surface area contributed by atoms with Gasteiger partial charge in [0.2, 0.25) is 5.88 Å². The average Bonchev–Trinajstić information content (AvgIpc) is 2.61. The summed E-state index contributed by atoms with van der Waals surface area (Å²) < 4.78 is 6.60. The first kappa shape index (κ1) is 9.17. The number of halogens is 1. The van der Waals surface area contributed by atoms with E-state index in [1.807, 2.05) is 0 Å². The molecule has 2 rings (SSSR count). The summed E-state index contributed by atoms with van der Waals surface area (Å²) in [7, 11) is 0. The van der Waals surface area contributed by atoms with Crippen molar-refractivity contribution in [3.8, 4) is 5.88 Å². The number of hydrogen-bond acceptors (Lipinski definition) is 5. The fourth-order valence-corrected chi connectivity index (χ4v) is 1.18. The van der Waals surface area contributed by atoms with E-state index in [1.165, 1.54) is 16.9 Å². The van der Waals surface area contributed by atoms with Gasteiger partial charge >= 0.3 is 0 Å². The third-order valence-electron chi connectivity index (χ3n) is 1.53. The topological polar surface area (TPSA) is 72.5 Å². The Bertz CT molecular complexity index is 444. The van der Waals surface area contributed by atoms with Gasteiger partial charge in [0, 0.05) is 6.07 Å². The van der Waals surface area contributed by atoms with Gasteiger partial charge < -0.3 is 9.84 Å². The van der Waals surface area contributed by atoms with Crippen molar-refractivity contribution in [2.45, 2.75) is 0 Å². The molecule has 0 radical (unpaired) electrons. The maximum atomic E-state index is 8.60. The van der Waals surface area contributed by atoms with Gasteiger partial charge in [-0.15, -0.1) is 0 Å². The molecule has 0 aliphatic rings. The highest BCUT2D eigenvalue weighted by atomic mass is 35.5. The Labute approximate surface area is 84.1 Å². The highest BCUT2D eigenvalue weighted by molar-refractivity contribution is 6.29. The van der Waals surface area contributed by atoms with E-state index in [1.54, 1.807) is 0 Å². The Morgan fingerprint density at radius 2 is 2.43 bits per heavy atom. The summed E-state index contributed by atoms with van der Waals surface area (Å²) in [6, 6.07) is 1.51. The quantitative estimate of drug-likeness (QED) is 0.737. The third-order valence-corrected chi connectivity index (χ3v) is 1.72. The molecule has 2 aromatic heterocycles. The van der Waals surface area contributed by atoms with Crippen LogP contribution in [0.3, 0.4) is 0 Å². The second-order valence-corrected chi connectivity index (χ2v) is 2.85. The van der Waals surface area contributed by atoms with Crippen LogP contribution in [0, 0.1) is 0 Å². The van der Waals surface area contributed by atoms with Crippen molar-refractivity contribution in [2.75, 3.05) is 13.2 Å². The van der Waals surface area contributed by atoms with Crippen LogP contribution >= 0.6 is 11.6 Å². The number of nitrogens with zero attached hydrogens (tertiary/aromatic N) is 4. The van der Waals surface area contributed by atoms with E-state index < -0.39 is 0 Å². The second-order valence-electron chi connectivity index (χ2n) is 2.46. The van der Waals surface area contributed by atoms with Crippen LogP contribution in [-0.4, -0.2) is 37.9 Å². The molecule has 2 aromatic rings. The molecular weight excluding hydrogens is 208 g/mol. The van der Waals surface area contributed by atoms with Gasteiger partial charge in [-0.1, -0.05) is 11.6 Å². The minimum atomic E-state index is -0.0733. The van der Waals surface area contributed by atoms with Gasteiger partial charge in [-0.05, 0) is 0 Å². The number of rotatable bonds is 3. The number of aliphatic hydroxyl groups excluding tert-OH is 1. The van der Waals surface area contributed by atoms with Crippen LogP contribution in [0.15, 0.2) is 12.4 Å². The standard InChI is InChI=1S/C7H7ClN4O2/c8-5-3-6(14-2-1-13)12-7(11-5)9-4-10-12/h3-4,13H,1-2H2. The van der Waals surface area contributed by atoms with Crippen molar-refractivity contribution in [1.82, 2.24) is 19.6 Å². The average molecular weight is 215 g/mol. The Hall–Kier alpha value is -1.40. The van der Waals surface area contributed by atoms with Crippen molar-refractivity contribution in [3.05, 3.63) is 17.5 Å². The van der Waals surface area contributed by atoms with E-state index >= 15 is 0 Å². The van der Waals surface area contributed by atoms with E-state index in [-0.39, 0.29) is 18.4 Å². The zero-order chi connectivity index (χ0) is 9.97. The summed E-state index contributed by atoms with van der Waals surface area (Å²) in [5.74, 6) is 0.775. The molecule has 0 aromatic carbocycles. The zero-order valence-electron chi connectivity index (χ0n) is 7.09. The first-order chi connectivity index (χ1) is 6.81. The number of aromatic nitrogens is 4. The van der Waals surface area contributed by atoms with Crippen LogP contribution < -0.4 is 4.74 Å². The van der Waals surface area contributed by atoms with Gasteiger partial charge in [0.1, 0.15) is 18.1 Å². The zero-order valence-corrected chi connectivity index (χ0v) is 7.85. The summed E-state index contributed by atoms with van der Waals surface area (Å²) in [4.78, 5) is 7.78. The molecular formula is C7H7ClN4O2. The predicted octanol–water partition coefficient (Wildman–Crippen LogP) is 0.149. The monoisotopic (exact) mass is 214 g/mol. The number of hydrogen-bond donors (Lipinski definition) is 1. The van der Waals surface area contributed by atoms with E-state index in [0.29, 0.717) is 11.7 Å². The number of aliphatic hydroxyl groups is 1. The maximum Gasteiger partial charge on any atom is 0.256 e. The van der Waals surface area contributed by atoms with Gasteiger partial charge in [-0.2, -0.15) is 19.6 Å². The summed E-state index contributed by atoms with van der Waals surface area (Å²) in [6.07, 6.45) is 1.35. The molecule has 14 heavy (non-hydrogen) atoms. The Balaban J connectivity index is 2.44. The van der Waals surface area contributed by atoms with E-state index in [9.17, 15) is 0 Å². The van der Waals surface area contributed by atoms with Crippen molar-refractivity contribution in [1.29, 1.82) is 0 Å². The lowest BCUT2D eigenvalue weighted by Crippen LogP contribution is -2.06. The molecule has 74 valence electrons. The first-order valence-electron chi connectivity index (χ1n) is 3.91. The minimum Gasteiger partial charge on any atom is -0.475 e. The maximum absolute atomic E-state index is 8.60. The summed E-state index contributed by atoms with van der Waals surface area (Å²) in [6.45, 7) is 0.103. The number of fused-ring (bicyclic) bond motifs is 1. The third kappa shape index (κ3) is 1.61. The molecule has 0 aliphatic heterocycles. The van der Waals surface area contributed by atoms with Gasteiger partial charge in [-0.3, -0.25) is 0 Å². The van der Waals surface area contributed by atoms with Crippen LogP contribution in [-0.2, 0) is 0 Å². The SMILES string of the molecule is OCCOc1cc(Cl)nc2ncnn12. The van der Waals surface area contributed by atoms with Crippen LogP contribution in [0.1, 0.15) is 0 Å². The van der Waals surface area contributed by atoms with Crippen molar-refractivity contribution >= 4 is 17.4 Å². The molecule has 0 aliphatic carbocycles. The van der Waals surface area contributed by atoms with Crippen LogP contribution in [0.25, 0.3) is 5.78 Å². The smallest absolute Gasteiger partial charge is 0.256 e. The summed E-state index contributed by atoms with van der Waals surface area (Å²) >= 11 is 5.72. The van der Waals surface area contributed by atoms with E-state index in [0.717, 1.165) is 0 Å².